The maximum absolute atomic E-state index is 12.9. The number of hydrogen-bond acceptors (Lipinski definition) is 3. The first-order chi connectivity index (χ1) is 13.9. The third-order valence-corrected chi connectivity index (χ3v) is 10.5. The number of rotatable bonds is 4. The van der Waals surface area contributed by atoms with E-state index >= 15 is 0 Å². The molecule has 1 aliphatic heterocycles. The number of benzene rings is 1. The minimum atomic E-state index is -4.37. The zero-order valence-electron chi connectivity index (χ0n) is 18.2. The van der Waals surface area contributed by atoms with Crippen molar-refractivity contribution >= 4 is 19.3 Å². The van der Waals surface area contributed by atoms with Crippen LogP contribution >= 0.6 is 0 Å². The summed E-state index contributed by atoms with van der Waals surface area (Å²) in [4.78, 5) is 0. The van der Waals surface area contributed by atoms with Crippen LogP contribution in [-0.4, -0.2) is 21.0 Å². The van der Waals surface area contributed by atoms with Gasteiger partial charge in [-0.3, -0.25) is 0 Å². The first-order valence-corrected chi connectivity index (χ1v) is 13.2. The van der Waals surface area contributed by atoms with E-state index < -0.39 is 20.1 Å². The molecule has 2 aromatic rings. The van der Waals surface area contributed by atoms with E-state index in [0.717, 1.165) is 25.0 Å². The summed E-state index contributed by atoms with van der Waals surface area (Å²) in [6, 6.07) is 5.14. The predicted octanol–water partition coefficient (Wildman–Crippen LogP) is 7.09. The minimum Gasteiger partial charge on any atom is -0.458 e. The first kappa shape index (κ1) is 22.9. The van der Waals surface area contributed by atoms with Gasteiger partial charge in [0.05, 0.1) is 5.56 Å². The molecule has 0 N–H and O–H groups in total. The van der Waals surface area contributed by atoms with Gasteiger partial charge >= 0.3 is 6.18 Å². The quantitative estimate of drug-likeness (QED) is 0.290. The van der Waals surface area contributed by atoms with E-state index in [1.54, 1.807) is 6.07 Å². The molecular formula is C23H29F3O3Si. The Hall–Kier alpha value is -1.75. The van der Waals surface area contributed by atoms with Crippen molar-refractivity contribution in [1.29, 1.82) is 0 Å². The molecule has 7 heteroatoms. The molecule has 0 saturated carbocycles. The molecule has 1 aliphatic rings. The second-order valence-corrected chi connectivity index (χ2v) is 14.1. The highest BCUT2D eigenvalue weighted by Crippen LogP contribution is 2.38. The summed E-state index contributed by atoms with van der Waals surface area (Å²) in [5.74, 6) is 6.83. The lowest BCUT2D eigenvalue weighted by Gasteiger charge is -2.35. The molecule has 1 saturated heterocycles. The van der Waals surface area contributed by atoms with Crippen molar-refractivity contribution in [2.75, 3.05) is 6.61 Å². The summed E-state index contributed by atoms with van der Waals surface area (Å²) in [7, 11) is -1.76. The van der Waals surface area contributed by atoms with Crippen molar-refractivity contribution in [2.24, 2.45) is 0 Å². The standard InChI is InChI=1S/C23H29F3O3Si/c1-22(2,3)30(4,5)27-13-7-6-8-18-10-12-20(28-18)21-15-16-14-17(23(24,25)26)9-11-19(16)29-21/h9,11,14-15,18,20H,7,10,12-13H2,1-5H3/t18-,20+/m1/s1. The maximum Gasteiger partial charge on any atom is 0.416 e. The molecule has 0 unspecified atom stereocenters. The van der Waals surface area contributed by atoms with Crippen LogP contribution in [0.5, 0.6) is 0 Å². The Morgan fingerprint density at radius 3 is 2.53 bits per heavy atom. The van der Waals surface area contributed by atoms with Crippen LogP contribution < -0.4 is 0 Å². The summed E-state index contributed by atoms with van der Waals surface area (Å²) in [6.07, 6.45) is -2.69. The molecule has 0 bridgehead atoms. The monoisotopic (exact) mass is 438 g/mol. The van der Waals surface area contributed by atoms with Crippen molar-refractivity contribution < 1.29 is 26.8 Å². The Morgan fingerprint density at radius 2 is 1.87 bits per heavy atom. The highest BCUT2D eigenvalue weighted by atomic mass is 28.4. The molecule has 0 amide bonds. The molecule has 3 nitrogen and oxygen atoms in total. The lowest BCUT2D eigenvalue weighted by atomic mass is 10.1. The fraction of sp³-hybridized carbons (Fsp3) is 0.565. The Bertz CT molecular complexity index is 944. The Morgan fingerprint density at radius 1 is 1.13 bits per heavy atom. The van der Waals surface area contributed by atoms with Crippen molar-refractivity contribution in [1.82, 2.24) is 0 Å². The average Bonchev–Trinajstić information content (AvgIpc) is 3.25. The van der Waals surface area contributed by atoms with Crippen LogP contribution in [0, 0.1) is 11.8 Å². The lowest BCUT2D eigenvalue weighted by molar-refractivity contribution is -0.137. The number of hydrogen-bond donors (Lipinski definition) is 0. The minimum absolute atomic E-state index is 0.176. The fourth-order valence-corrected chi connectivity index (χ4v) is 4.16. The normalized spacial score (nSPS) is 20.4. The van der Waals surface area contributed by atoms with Crippen molar-refractivity contribution in [2.45, 2.75) is 76.6 Å². The molecule has 2 heterocycles. The SMILES string of the molecule is CC(C)(C)[Si](C)(C)OCCC#C[C@@H]1CC[C@@H](c2cc3cc(C(F)(F)F)ccc3o2)O1. The molecule has 1 fully saturated rings. The van der Waals surface area contributed by atoms with Crippen molar-refractivity contribution in [3.05, 3.63) is 35.6 Å². The number of furan rings is 1. The van der Waals surface area contributed by atoms with Gasteiger partial charge in [0.25, 0.3) is 0 Å². The fourth-order valence-electron chi connectivity index (χ4n) is 3.11. The Balaban J connectivity index is 1.55. The summed E-state index contributed by atoms with van der Waals surface area (Å²) < 4.78 is 56.5. The van der Waals surface area contributed by atoms with E-state index in [1.807, 2.05) is 0 Å². The van der Waals surface area contributed by atoms with Crippen molar-refractivity contribution in [3.8, 4) is 11.8 Å². The molecule has 3 rings (SSSR count). The van der Waals surface area contributed by atoms with Crippen LogP contribution in [0.15, 0.2) is 28.7 Å². The molecule has 164 valence electrons. The van der Waals surface area contributed by atoms with E-state index in [1.165, 1.54) is 6.07 Å². The zero-order chi connectivity index (χ0) is 22.2. The van der Waals surface area contributed by atoms with Crippen LogP contribution in [-0.2, 0) is 15.3 Å². The van der Waals surface area contributed by atoms with Crippen LogP contribution in [0.2, 0.25) is 18.1 Å². The summed E-state index contributed by atoms with van der Waals surface area (Å²) in [5.41, 5.74) is -0.253. The molecule has 2 atom stereocenters. The highest BCUT2D eigenvalue weighted by molar-refractivity contribution is 6.74. The third-order valence-electron chi connectivity index (χ3n) is 5.96. The Kier molecular flexibility index (Phi) is 6.42. The topological polar surface area (TPSA) is 31.6 Å². The smallest absolute Gasteiger partial charge is 0.416 e. The largest absolute Gasteiger partial charge is 0.458 e. The summed E-state index contributed by atoms with van der Waals surface area (Å²) >= 11 is 0. The van der Waals surface area contributed by atoms with E-state index in [0.29, 0.717) is 29.8 Å². The van der Waals surface area contributed by atoms with Gasteiger partial charge in [-0.25, -0.2) is 0 Å². The van der Waals surface area contributed by atoms with Crippen LogP contribution in [0.25, 0.3) is 11.0 Å². The van der Waals surface area contributed by atoms with Gasteiger partial charge in [-0.05, 0) is 55.2 Å². The molecule has 0 spiro atoms. The molecule has 1 aromatic heterocycles. The highest BCUT2D eigenvalue weighted by Gasteiger charge is 2.37. The predicted molar refractivity (Wildman–Crippen MR) is 114 cm³/mol. The van der Waals surface area contributed by atoms with Crippen LogP contribution in [0.1, 0.15) is 57.5 Å². The third kappa shape index (κ3) is 5.29. The van der Waals surface area contributed by atoms with Gasteiger partial charge in [-0.15, -0.1) is 0 Å². The number of alkyl halides is 3. The number of fused-ring (bicyclic) bond motifs is 1. The maximum atomic E-state index is 12.9. The molecule has 0 aliphatic carbocycles. The van der Waals surface area contributed by atoms with Crippen molar-refractivity contribution in [3.63, 3.8) is 0 Å². The van der Waals surface area contributed by atoms with E-state index in [4.69, 9.17) is 13.6 Å². The van der Waals surface area contributed by atoms with Crippen LogP contribution in [0.3, 0.4) is 0 Å². The summed E-state index contributed by atoms with van der Waals surface area (Å²) in [5, 5.41) is 0.607. The van der Waals surface area contributed by atoms with E-state index in [2.05, 4.69) is 45.7 Å². The van der Waals surface area contributed by atoms with E-state index in [9.17, 15) is 13.2 Å². The Labute approximate surface area is 177 Å². The molecular weight excluding hydrogens is 409 g/mol. The van der Waals surface area contributed by atoms with Gasteiger partial charge < -0.3 is 13.6 Å². The van der Waals surface area contributed by atoms with Gasteiger partial charge in [-0.2, -0.15) is 13.2 Å². The van der Waals surface area contributed by atoms with Gasteiger partial charge in [-0.1, -0.05) is 32.6 Å². The molecule has 0 radical (unpaired) electrons. The first-order valence-electron chi connectivity index (χ1n) is 10.3. The molecule has 30 heavy (non-hydrogen) atoms. The van der Waals surface area contributed by atoms with Gasteiger partial charge in [0.2, 0.25) is 0 Å². The van der Waals surface area contributed by atoms with Gasteiger partial charge in [0, 0.05) is 18.4 Å². The molecule has 1 aromatic carbocycles. The second kappa shape index (κ2) is 8.41. The second-order valence-electron chi connectivity index (χ2n) is 9.27. The van der Waals surface area contributed by atoms with Gasteiger partial charge in [0.15, 0.2) is 8.32 Å². The number of ether oxygens (including phenoxy) is 1. The van der Waals surface area contributed by atoms with Crippen LogP contribution in [0.4, 0.5) is 13.2 Å². The lowest BCUT2D eigenvalue weighted by Crippen LogP contribution is -2.40. The summed E-state index contributed by atoms with van der Waals surface area (Å²) in [6.45, 7) is 11.7. The van der Waals surface area contributed by atoms with E-state index in [-0.39, 0.29) is 17.2 Å². The van der Waals surface area contributed by atoms with Gasteiger partial charge in [0.1, 0.15) is 23.6 Å². The zero-order valence-corrected chi connectivity index (χ0v) is 19.2. The number of halogens is 3. The average molecular weight is 439 g/mol.